The zero-order valence-electron chi connectivity index (χ0n) is 33.5. The van der Waals surface area contributed by atoms with E-state index in [0.29, 0.717) is 35.9 Å². The van der Waals surface area contributed by atoms with E-state index in [0.717, 1.165) is 88.1 Å². The fourth-order valence-corrected chi connectivity index (χ4v) is 9.78. The second-order valence-corrected chi connectivity index (χ2v) is 17.0. The highest BCUT2D eigenvalue weighted by atomic mass is 19.3. The Kier molecular flexibility index (Phi) is 10.5. The normalized spacial score (nSPS) is 24.9. The van der Waals surface area contributed by atoms with Crippen LogP contribution in [0.3, 0.4) is 0 Å². The van der Waals surface area contributed by atoms with Gasteiger partial charge in [-0.2, -0.15) is 10.2 Å². The Morgan fingerprint density at radius 2 is 1.80 bits per heavy atom. The number of nitrogens with zero attached hydrogens (tertiary/aromatic N) is 8. The lowest BCUT2D eigenvalue weighted by molar-refractivity contribution is -0.134. The Morgan fingerprint density at radius 3 is 2.56 bits per heavy atom. The smallest absolute Gasteiger partial charge is 0.284 e. The van der Waals surface area contributed by atoms with Gasteiger partial charge in [0.2, 0.25) is 17.7 Å². The first-order valence-corrected chi connectivity index (χ1v) is 21.1. The maximum absolute atomic E-state index is 14.3. The number of hydrogen-bond donors (Lipinski definition) is 3. The van der Waals surface area contributed by atoms with Gasteiger partial charge in [0, 0.05) is 80.8 Å². The van der Waals surface area contributed by atoms with Crippen LogP contribution in [0.5, 0.6) is 0 Å². The van der Waals surface area contributed by atoms with Gasteiger partial charge in [-0.25, -0.2) is 18.3 Å². The van der Waals surface area contributed by atoms with E-state index in [-0.39, 0.29) is 60.1 Å². The molecule has 320 valence electrons. The highest BCUT2D eigenvalue weighted by molar-refractivity contribution is 6.08. The second kappa shape index (κ2) is 16.2. The minimum Gasteiger partial charge on any atom is -0.464 e. The first kappa shape index (κ1) is 39.4. The summed E-state index contributed by atoms with van der Waals surface area (Å²) < 4.78 is 43.1. The topological polar surface area (TPSA) is 184 Å². The Morgan fingerprint density at radius 1 is 0.984 bits per heavy atom. The molecule has 4 aromatic heterocycles. The van der Waals surface area contributed by atoms with Crippen LogP contribution in [0.25, 0.3) is 16.6 Å². The number of aromatic nitrogens is 5. The van der Waals surface area contributed by atoms with Crippen LogP contribution in [-0.2, 0) is 19.1 Å². The molecule has 0 unspecified atom stereocenters. The first-order valence-electron chi connectivity index (χ1n) is 21.1. The Bertz CT molecular complexity index is 2490. The number of furan rings is 1. The van der Waals surface area contributed by atoms with Crippen LogP contribution in [0.15, 0.2) is 53.5 Å². The van der Waals surface area contributed by atoms with Crippen molar-refractivity contribution < 1.29 is 37.1 Å². The zero-order valence-corrected chi connectivity index (χ0v) is 33.5. The van der Waals surface area contributed by atoms with E-state index < -0.39 is 23.9 Å². The van der Waals surface area contributed by atoms with Gasteiger partial charge in [-0.1, -0.05) is 0 Å². The average molecular weight is 840 g/mol. The number of carbonyl (C=O) groups is 4. The largest absolute Gasteiger partial charge is 0.464 e. The predicted octanol–water partition coefficient (Wildman–Crippen LogP) is 4.35. The number of benzene rings is 1. The van der Waals surface area contributed by atoms with Crippen molar-refractivity contribution in [3.05, 3.63) is 65.9 Å². The van der Waals surface area contributed by atoms with E-state index in [9.17, 15) is 28.0 Å². The molecule has 3 N–H and O–H groups in total. The SMILES string of the molecule is O=C1CC[C@@H](c2coc3cc(NC(=O)CN4CCN(CC5CCC(n6cc(NC(=O)c7cnn8ccc(N9C[C@H]%10C[C@@H]9CO%10)nc78)c(C(F)F)n6)CC5)CC4)ccc23)C(=O)N1. The third-order valence-electron chi connectivity index (χ3n) is 13.1. The van der Waals surface area contributed by atoms with Crippen LogP contribution in [0.4, 0.5) is 26.0 Å². The summed E-state index contributed by atoms with van der Waals surface area (Å²) in [5.74, 6) is -0.562. The quantitative estimate of drug-likeness (QED) is 0.160. The number of ether oxygens (including phenoxy) is 1. The number of carbonyl (C=O) groups excluding carboxylic acids is 4. The Balaban J connectivity index is 0.689. The third-order valence-corrected chi connectivity index (χ3v) is 13.1. The summed E-state index contributed by atoms with van der Waals surface area (Å²) >= 11 is 0. The number of rotatable bonds is 11. The number of fused-ring (bicyclic) bond motifs is 4. The number of nitrogens with one attached hydrogen (secondary N) is 3. The standard InChI is InChI=1S/C42H47F2N11O6/c43-39(44)38-33(47-42(59)31-17-45-54-10-9-35(48-40(31)54)53-19-28-16-27(53)22-60-28)20-55(50-38)26-4-1-24(2-5-26)18-51-11-13-52(14-12-51)21-37(57)46-25-3-6-29-32(23-61-34(29)15-25)30-7-8-36(56)49-41(30)58/h3,6,9-10,15,17,20,23-24,26-28,30,39H,1-2,4-5,7-8,11-14,16,18-19,21-22H2,(H,46,57)(H,47,59)(H,49,56,58)/t24?,26?,27-,28-,30+/m1/s1. The molecule has 0 spiro atoms. The summed E-state index contributed by atoms with van der Waals surface area (Å²) in [6, 6.07) is 7.42. The molecule has 8 heterocycles. The van der Waals surface area contributed by atoms with Crippen LogP contribution in [0, 0.1) is 5.92 Å². The van der Waals surface area contributed by atoms with Gasteiger partial charge < -0.3 is 29.6 Å². The van der Waals surface area contributed by atoms with Crippen LogP contribution in [0.2, 0.25) is 0 Å². The fraction of sp³-hybridized carbons (Fsp3) is 0.500. The molecule has 61 heavy (non-hydrogen) atoms. The third kappa shape index (κ3) is 7.96. The molecule has 19 heteroatoms. The van der Waals surface area contributed by atoms with Gasteiger partial charge in [0.25, 0.3) is 12.3 Å². The van der Waals surface area contributed by atoms with E-state index >= 15 is 0 Å². The summed E-state index contributed by atoms with van der Waals surface area (Å²) in [4.78, 5) is 62.0. The van der Waals surface area contributed by atoms with Gasteiger partial charge in [-0.05, 0) is 62.6 Å². The van der Waals surface area contributed by atoms with Gasteiger partial charge in [-0.15, -0.1) is 0 Å². The lowest BCUT2D eigenvalue weighted by Crippen LogP contribution is -2.49. The summed E-state index contributed by atoms with van der Waals surface area (Å²) in [6.45, 7) is 5.76. The van der Waals surface area contributed by atoms with Gasteiger partial charge in [0.05, 0.1) is 55.4 Å². The minimum absolute atomic E-state index is 0.0163. The highest BCUT2D eigenvalue weighted by Crippen LogP contribution is 2.37. The van der Waals surface area contributed by atoms with Crippen molar-refractivity contribution in [1.82, 2.24) is 39.5 Å². The Hall–Kier alpha value is -5.79. The second-order valence-electron chi connectivity index (χ2n) is 17.0. The molecule has 17 nitrogen and oxygen atoms in total. The lowest BCUT2D eigenvalue weighted by atomic mass is 9.85. The molecule has 1 saturated carbocycles. The molecule has 3 atom stereocenters. The molecule has 10 rings (SSSR count). The molecule has 0 radical (unpaired) electrons. The number of halogens is 2. The molecule has 5 aromatic rings. The molecule has 4 aliphatic heterocycles. The monoisotopic (exact) mass is 839 g/mol. The number of amides is 4. The maximum atomic E-state index is 14.3. The lowest BCUT2D eigenvalue weighted by Gasteiger charge is -2.38. The first-order chi connectivity index (χ1) is 29.6. The van der Waals surface area contributed by atoms with Crippen molar-refractivity contribution >= 4 is 57.4 Å². The van der Waals surface area contributed by atoms with Crippen LogP contribution >= 0.6 is 0 Å². The number of morpholine rings is 1. The van der Waals surface area contributed by atoms with Crippen molar-refractivity contribution in [3.8, 4) is 0 Å². The number of piperidine rings is 1. The molecule has 5 fully saturated rings. The van der Waals surface area contributed by atoms with Crippen molar-refractivity contribution in [3.63, 3.8) is 0 Å². The molecular formula is C42H47F2N11O6. The van der Waals surface area contributed by atoms with Gasteiger partial charge in [0.1, 0.15) is 17.0 Å². The van der Waals surface area contributed by atoms with Crippen molar-refractivity contribution in [1.29, 1.82) is 0 Å². The number of piperazine rings is 1. The van der Waals surface area contributed by atoms with E-state index in [2.05, 4.69) is 40.8 Å². The Labute approximate surface area is 348 Å². The highest BCUT2D eigenvalue weighted by Gasteiger charge is 2.40. The van der Waals surface area contributed by atoms with Gasteiger partial charge >= 0.3 is 0 Å². The van der Waals surface area contributed by atoms with Crippen molar-refractivity contribution in [2.24, 2.45) is 5.92 Å². The number of anilines is 3. The molecule has 2 bridgehead atoms. The molecule has 1 aliphatic carbocycles. The van der Waals surface area contributed by atoms with Crippen LogP contribution < -0.4 is 20.9 Å². The van der Waals surface area contributed by atoms with Crippen molar-refractivity contribution in [2.45, 2.75) is 75.5 Å². The molecular weight excluding hydrogens is 793 g/mol. The average Bonchev–Trinajstić information content (AvgIpc) is 4.11. The van der Waals surface area contributed by atoms with E-state index in [1.54, 1.807) is 29.3 Å². The summed E-state index contributed by atoms with van der Waals surface area (Å²) in [5, 5.41) is 17.4. The number of imide groups is 1. The maximum Gasteiger partial charge on any atom is 0.284 e. The van der Waals surface area contributed by atoms with E-state index in [4.69, 9.17) is 14.1 Å². The van der Waals surface area contributed by atoms with Crippen LogP contribution in [0.1, 0.15) is 84.9 Å². The van der Waals surface area contributed by atoms with E-state index in [1.165, 1.54) is 16.9 Å². The van der Waals surface area contributed by atoms with Crippen LogP contribution in [-0.4, -0.2) is 122 Å². The molecule has 5 aliphatic rings. The van der Waals surface area contributed by atoms with E-state index in [1.807, 2.05) is 12.1 Å². The van der Waals surface area contributed by atoms with Crippen molar-refractivity contribution in [2.75, 3.05) is 68.0 Å². The number of hydrogen-bond acceptors (Lipinski definition) is 12. The fourth-order valence-electron chi connectivity index (χ4n) is 9.78. The van der Waals surface area contributed by atoms with Gasteiger partial charge in [-0.3, -0.25) is 34.1 Å². The van der Waals surface area contributed by atoms with Gasteiger partial charge in [0.15, 0.2) is 11.3 Å². The summed E-state index contributed by atoms with van der Waals surface area (Å²) in [5.41, 5.74) is 1.96. The molecule has 4 amide bonds. The molecule has 1 aromatic carbocycles. The zero-order chi connectivity index (χ0) is 41.8. The summed E-state index contributed by atoms with van der Waals surface area (Å²) in [6.07, 6.45) is 8.62. The summed E-state index contributed by atoms with van der Waals surface area (Å²) in [7, 11) is 0. The predicted molar refractivity (Wildman–Crippen MR) is 217 cm³/mol. The molecule has 4 saturated heterocycles. The number of alkyl halides is 2. The minimum atomic E-state index is -2.87.